The molecule has 2 aliphatic rings. The number of rotatable bonds is 5. The number of fused-ring (bicyclic) bond motifs is 1. The number of likely N-dealkylation sites (N-methyl/N-ethyl adjacent to an activating group) is 1. The molecular weight excluding hydrogens is 460 g/mol. The fraction of sp³-hybridized carbons (Fsp3) is 0.355. The van der Waals surface area contributed by atoms with Gasteiger partial charge in [-0.05, 0) is 68.4 Å². The van der Waals surface area contributed by atoms with E-state index in [0.717, 1.165) is 48.8 Å². The van der Waals surface area contributed by atoms with Gasteiger partial charge in [-0.3, -0.25) is 9.59 Å². The molecule has 2 amide bonds. The fourth-order valence-corrected chi connectivity index (χ4v) is 5.61. The lowest BCUT2D eigenvalue weighted by Gasteiger charge is -2.43. The van der Waals surface area contributed by atoms with Crippen molar-refractivity contribution >= 4 is 28.9 Å². The van der Waals surface area contributed by atoms with Crippen LogP contribution in [0.4, 0.5) is 17.1 Å². The summed E-state index contributed by atoms with van der Waals surface area (Å²) >= 11 is 0. The molecule has 3 aromatic carbocycles. The molecule has 2 atom stereocenters. The van der Waals surface area contributed by atoms with Crippen LogP contribution in [0.2, 0.25) is 0 Å². The number of benzene rings is 3. The van der Waals surface area contributed by atoms with Gasteiger partial charge >= 0.3 is 0 Å². The van der Waals surface area contributed by atoms with Gasteiger partial charge in [0.1, 0.15) is 0 Å². The minimum Gasteiger partial charge on any atom is -0.369 e. The Morgan fingerprint density at radius 3 is 2.19 bits per heavy atom. The third kappa shape index (κ3) is 4.98. The lowest BCUT2D eigenvalue weighted by atomic mass is 9.89. The Hall–Kier alpha value is -3.64. The van der Waals surface area contributed by atoms with Gasteiger partial charge in [-0.25, -0.2) is 0 Å². The number of piperazine rings is 1. The van der Waals surface area contributed by atoms with Crippen LogP contribution >= 0.6 is 0 Å². The van der Waals surface area contributed by atoms with Gasteiger partial charge in [0.15, 0.2) is 0 Å². The summed E-state index contributed by atoms with van der Waals surface area (Å²) in [6.45, 7) is 8.07. The molecule has 0 aromatic heterocycles. The maximum absolute atomic E-state index is 13.9. The highest BCUT2D eigenvalue weighted by Gasteiger charge is 2.38. The summed E-state index contributed by atoms with van der Waals surface area (Å²) in [7, 11) is 2.15. The number of para-hydroxylation sites is 2. The number of hydrogen-bond acceptors (Lipinski definition) is 4. The van der Waals surface area contributed by atoms with Gasteiger partial charge in [0.2, 0.25) is 5.91 Å². The second-order valence-corrected chi connectivity index (χ2v) is 10.1. The first-order valence-corrected chi connectivity index (χ1v) is 13.3. The maximum Gasteiger partial charge on any atom is 0.258 e. The van der Waals surface area contributed by atoms with Crippen LogP contribution in [-0.4, -0.2) is 56.0 Å². The van der Waals surface area contributed by atoms with Gasteiger partial charge in [-0.2, -0.15) is 0 Å². The van der Waals surface area contributed by atoms with E-state index in [9.17, 15) is 9.59 Å². The normalized spacial score (nSPS) is 19.9. The van der Waals surface area contributed by atoms with E-state index >= 15 is 0 Å². The number of carbonyl (C=O) groups is 2. The first-order valence-electron chi connectivity index (χ1n) is 13.3. The number of anilines is 3. The molecule has 3 aromatic rings. The molecule has 0 bridgehead atoms. The predicted octanol–water partition coefficient (Wildman–Crippen LogP) is 5.36. The summed E-state index contributed by atoms with van der Waals surface area (Å²) in [6, 6.07) is 25.7. The van der Waals surface area contributed by atoms with Crippen LogP contribution in [0, 0.1) is 0 Å². The van der Waals surface area contributed by atoms with Gasteiger partial charge in [-0.15, -0.1) is 0 Å². The highest BCUT2D eigenvalue weighted by molar-refractivity contribution is 6.07. The number of amides is 2. The third-order valence-electron chi connectivity index (χ3n) is 7.68. The standard InChI is InChI=1S/C31H36N4O2/c1-4-30(36)35(26-10-6-5-7-11-26)29-22-23(2)34(28-13-9-8-12-27(28)29)31(37)24-14-16-25(17-15-24)33-20-18-32(3)19-21-33/h5-17,23,29H,4,18-22H2,1-3H3/t23-,29+/m0/s1. The molecule has 1 fully saturated rings. The van der Waals surface area contributed by atoms with Crippen LogP contribution in [0.15, 0.2) is 78.9 Å². The summed E-state index contributed by atoms with van der Waals surface area (Å²) in [4.78, 5) is 35.6. The Morgan fingerprint density at radius 1 is 0.865 bits per heavy atom. The SMILES string of the molecule is CCC(=O)N(c1ccccc1)[C@@H]1C[C@H](C)N(C(=O)c2ccc(N3CCN(C)CC3)cc2)c2ccccc21. The number of hydrogen-bond donors (Lipinski definition) is 0. The highest BCUT2D eigenvalue weighted by Crippen LogP contribution is 2.43. The number of carbonyl (C=O) groups excluding carboxylic acids is 2. The van der Waals surface area contributed by atoms with E-state index in [1.807, 2.05) is 77.4 Å². The molecule has 37 heavy (non-hydrogen) atoms. The Labute approximate surface area is 220 Å². The molecular formula is C31H36N4O2. The lowest BCUT2D eigenvalue weighted by molar-refractivity contribution is -0.118. The van der Waals surface area contributed by atoms with Crippen LogP contribution < -0.4 is 14.7 Å². The topological polar surface area (TPSA) is 47.1 Å². The zero-order valence-electron chi connectivity index (χ0n) is 22.0. The van der Waals surface area contributed by atoms with Crippen molar-refractivity contribution in [2.45, 2.75) is 38.8 Å². The summed E-state index contributed by atoms with van der Waals surface area (Å²) in [5.41, 5.74) is 4.62. The van der Waals surface area contributed by atoms with Crippen molar-refractivity contribution in [3.8, 4) is 0 Å². The molecule has 1 saturated heterocycles. The largest absolute Gasteiger partial charge is 0.369 e. The summed E-state index contributed by atoms with van der Waals surface area (Å²) in [6.07, 6.45) is 1.09. The van der Waals surface area contributed by atoms with E-state index in [1.165, 1.54) is 0 Å². The van der Waals surface area contributed by atoms with Crippen molar-refractivity contribution in [1.29, 1.82) is 0 Å². The van der Waals surface area contributed by atoms with Crippen molar-refractivity contribution in [3.05, 3.63) is 90.0 Å². The van der Waals surface area contributed by atoms with Crippen LogP contribution in [0.3, 0.4) is 0 Å². The summed E-state index contributed by atoms with van der Waals surface area (Å²) < 4.78 is 0. The smallest absolute Gasteiger partial charge is 0.258 e. The molecule has 0 unspecified atom stereocenters. The van der Waals surface area contributed by atoms with Gasteiger partial charge < -0.3 is 19.6 Å². The van der Waals surface area contributed by atoms with E-state index in [0.29, 0.717) is 18.4 Å². The molecule has 0 aliphatic carbocycles. The van der Waals surface area contributed by atoms with E-state index in [2.05, 4.69) is 42.0 Å². The van der Waals surface area contributed by atoms with E-state index in [-0.39, 0.29) is 23.9 Å². The minimum absolute atomic E-state index is 0.00333. The predicted molar refractivity (Wildman–Crippen MR) is 150 cm³/mol. The van der Waals surface area contributed by atoms with E-state index < -0.39 is 0 Å². The molecule has 2 heterocycles. The maximum atomic E-state index is 13.9. The molecule has 0 N–H and O–H groups in total. The average molecular weight is 497 g/mol. The van der Waals surface area contributed by atoms with Gasteiger partial charge in [-0.1, -0.05) is 43.3 Å². The molecule has 0 radical (unpaired) electrons. The van der Waals surface area contributed by atoms with Crippen LogP contribution in [-0.2, 0) is 4.79 Å². The Bertz CT molecular complexity index is 1240. The Kier molecular flexibility index (Phi) is 7.28. The van der Waals surface area contributed by atoms with Crippen molar-refractivity contribution in [2.75, 3.05) is 47.9 Å². The Morgan fingerprint density at radius 2 is 1.51 bits per heavy atom. The number of nitrogens with zero attached hydrogens (tertiary/aromatic N) is 4. The van der Waals surface area contributed by atoms with Crippen molar-refractivity contribution in [1.82, 2.24) is 4.90 Å². The van der Waals surface area contributed by atoms with E-state index in [4.69, 9.17) is 0 Å². The first-order chi connectivity index (χ1) is 18.0. The minimum atomic E-state index is -0.135. The second-order valence-electron chi connectivity index (χ2n) is 10.1. The van der Waals surface area contributed by atoms with Crippen molar-refractivity contribution in [2.24, 2.45) is 0 Å². The van der Waals surface area contributed by atoms with Crippen molar-refractivity contribution < 1.29 is 9.59 Å². The summed E-state index contributed by atoms with van der Waals surface area (Å²) in [5, 5.41) is 0. The zero-order valence-corrected chi connectivity index (χ0v) is 22.0. The first kappa shape index (κ1) is 25.0. The quantitative estimate of drug-likeness (QED) is 0.477. The van der Waals surface area contributed by atoms with Crippen molar-refractivity contribution in [3.63, 3.8) is 0 Å². The molecule has 2 aliphatic heterocycles. The molecule has 5 rings (SSSR count). The lowest BCUT2D eigenvalue weighted by Crippen LogP contribution is -2.47. The molecule has 6 nitrogen and oxygen atoms in total. The highest BCUT2D eigenvalue weighted by atomic mass is 16.2. The molecule has 0 saturated carbocycles. The molecule has 0 spiro atoms. The molecule has 192 valence electrons. The third-order valence-corrected chi connectivity index (χ3v) is 7.68. The van der Waals surface area contributed by atoms with Gasteiger partial charge in [0.05, 0.1) is 6.04 Å². The zero-order chi connectivity index (χ0) is 25.9. The average Bonchev–Trinajstić information content (AvgIpc) is 2.94. The summed E-state index contributed by atoms with van der Waals surface area (Å²) in [5.74, 6) is 0.0777. The molecule has 6 heteroatoms. The second kappa shape index (κ2) is 10.8. The van der Waals surface area contributed by atoms with Gasteiger partial charge in [0, 0.05) is 61.3 Å². The van der Waals surface area contributed by atoms with E-state index in [1.54, 1.807) is 0 Å². The fourth-order valence-electron chi connectivity index (χ4n) is 5.61. The van der Waals surface area contributed by atoms with Gasteiger partial charge in [0.25, 0.3) is 5.91 Å². The van der Waals surface area contributed by atoms with Crippen LogP contribution in [0.1, 0.15) is 48.7 Å². The van der Waals surface area contributed by atoms with Crippen LogP contribution in [0.25, 0.3) is 0 Å². The Balaban J connectivity index is 1.45. The van der Waals surface area contributed by atoms with Crippen LogP contribution in [0.5, 0.6) is 0 Å². The monoisotopic (exact) mass is 496 g/mol.